The van der Waals surface area contributed by atoms with Crippen molar-refractivity contribution in [2.45, 2.75) is 132 Å². The minimum absolute atomic E-state index is 0.0159. The zero-order chi connectivity index (χ0) is 58.5. The molecule has 5 aromatic rings. The second-order valence-electron chi connectivity index (χ2n) is 21.3. The summed E-state index contributed by atoms with van der Waals surface area (Å²) in [6.45, 7) is 9.72. The van der Waals surface area contributed by atoms with Crippen molar-refractivity contribution in [1.82, 2.24) is 26.3 Å². The number of hydrogen-bond acceptors (Lipinski definition) is 16. The van der Waals surface area contributed by atoms with Crippen LogP contribution in [0, 0.1) is 11.6 Å². The second-order valence-corrected chi connectivity index (χ2v) is 25.4. The van der Waals surface area contributed by atoms with Gasteiger partial charge in [-0.2, -0.15) is 36.2 Å². The van der Waals surface area contributed by atoms with Gasteiger partial charge in [0.25, 0.3) is 11.8 Å². The van der Waals surface area contributed by atoms with Crippen molar-refractivity contribution < 1.29 is 42.2 Å². The monoisotopic (exact) mass is 1200 g/mol. The third-order valence-electron chi connectivity index (χ3n) is 14.1. The lowest BCUT2D eigenvalue weighted by atomic mass is 9.97. The minimum atomic E-state index is -0.990. The van der Waals surface area contributed by atoms with Crippen LogP contribution in [-0.2, 0) is 50.5 Å². The number of amides is 2. The molecule has 2 aliphatic heterocycles. The van der Waals surface area contributed by atoms with Crippen LogP contribution in [-0.4, -0.2) is 125 Å². The summed E-state index contributed by atoms with van der Waals surface area (Å²) in [4.78, 5) is 72.4. The Labute approximate surface area is 499 Å². The van der Waals surface area contributed by atoms with E-state index in [9.17, 15) is 28.4 Å². The number of aryl methyl sites for hydroxylation is 4. The molecule has 6 N–H and O–H groups in total. The van der Waals surface area contributed by atoms with Gasteiger partial charge in [0.2, 0.25) is 5.12 Å². The number of nitrogens with one attached hydrogen (secondary N) is 6. The first-order valence-corrected chi connectivity index (χ1v) is 32.0. The van der Waals surface area contributed by atoms with Crippen LogP contribution >= 0.6 is 47.9 Å². The molecule has 14 nitrogen and oxygen atoms in total. The Balaban J connectivity index is 1.00. The quantitative estimate of drug-likeness (QED) is 0.0131. The molecule has 2 amide bonds. The Hall–Kier alpha value is -5.64. The molecule has 6 unspecified atom stereocenters. The zero-order valence-corrected chi connectivity index (χ0v) is 50.6. The van der Waals surface area contributed by atoms with E-state index in [0.717, 1.165) is 47.3 Å². The average molecular weight is 1200 g/mol. The number of aromatic nitrogens is 1. The molecular weight excluding hydrogens is 1120 g/mol. The van der Waals surface area contributed by atoms with E-state index < -0.39 is 41.9 Å². The molecule has 2 saturated heterocycles. The van der Waals surface area contributed by atoms with Crippen LogP contribution in [0.4, 0.5) is 20.2 Å². The maximum Gasteiger partial charge on any atom is 0.328 e. The van der Waals surface area contributed by atoms with Crippen LogP contribution < -0.4 is 31.9 Å². The summed E-state index contributed by atoms with van der Waals surface area (Å²) >= 11 is 8.91. The summed E-state index contributed by atoms with van der Waals surface area (Å²) in [5.41, 5.74) is 6.61. The number of esters is 2. The average Bonchev–Trinajstić information content (AvgIpc) is 4.26. The molecule has 4 aromatic carbocycles. The van der Waals surface area contributed by atoms with Crippen LogP contribution in [0.5, 0.6) is 0 Å². The Morgan fingerprint density at radius 1 is 0.683 bits per heavy atom. The first kappa shape index (κ1) is 63.9. The van der Waals surface area contributed by atoms with Gasteiger partial charge in [-0.1, -0.05) is 48.2 Å². The summed E-state index contributed by atoms with van der Waals surface area (Å²) in [6, 6.07) is 24.6. The van der Waals surface area contributed by atoms with E-state index in [4.69, 9.17) is 9.47 Å². The Morgan fingerprint density at radius 2 is 1.26 bits per heavy atom. The Kier molecular flexibility index (Phi) is 25.3. The number of ether oxygens (including phenoxy) is 2. The van der Waals surface area contributed by atoms with Gasteiger partial charge in [-0.05, 0) is 179 Å². The second kappa shape index (κ2) is 32.4. The predicted molar refractivity (Wildman–Crippen MR) is 332 cm³/mol. The van der Waals surface area contributed by atoms with Gasteiger partial charge in [0.05, 0.1) is 12.2 Å². The molecule has 20 heteroatoms. The Bertz CT molecular complexity index is 2930. The maximum atomic E-state index is 15.6. The van der Waals surface area contributed by atoms with E-state index in [1.165, 1.54) is 41.7 Å². The summed E-state index contributed by atoms with van der Waals surface area (Å²) < 4.78 is 40.5. The maximum absolute atomic E-state index is 15.6. The lowest BCUT2D eigenvalue weighted by molar-refractivity contribution is -0.150. The fourth-order valence-electron chi connectivity index (χ4n) is 9.72. The molecule has 0 aliphatic carbocycles. The molecule has 0 radical (unpaired) electrons. The minimum Gasteiger partial charge on any atom is -0.461 e. The van der Waals surface area contributed by atoms with Gasteiger partial charge < -0.3 is 41.4 Å². The standard InChI is InChI=1S/C62H77F2N7O7S4/c1-38(2)77-60(74)56(22-25-80-5)70-58(72)54-31-48(67-34-50-29-52(36-69-50)82-62(76)44-7-6-24-65-32-44)20-16-43(54)14-9-41-12-21-55(64)45(27-41)37-81-26-23-57(61(75)78-39(3)4)71-59(73)53-30-47(66-33-49-28-51(79)35-68-49)19-15-42(53)13-8-40-10-17-46(63)18-11-40/h6-7,10-12,15-21,24,27,30-32,38-39,49-52,56-57,66-69,79H,8-9,13-14,22-23,25-26,28-29,33-37H2,1-5H3,(H,70,72)(H,71,73). The molecular formula is C62H77F2N7O7S4. The van der Waals surface area contributed by atoms with E-state index >= 15 is 4.39 Å². The van der Waals surface area contributed by atoms with E-state index in [-0.39, 0.29) is 51.9 Å². The van der Waals surface area contributed by atoms with Gasteiger partial charge >= 0.3 is 11.9 Å². The highest BCUT2D eigenvalue weighted by Gasteiger charge is 2.30. The van der Waals surface area contributed by atoms with Crippen molar-refractivity contribution >= 4 is 88.2 Å². The number of hydrogen-bond donors (Lipinski definition) is 7. The van der Waals surface area contributed by atoms with Gasteiger partial charge in [0.15, 0.2) is 0 Å². The zero-order valence-electron chi connectivity index (χ0n) is 47.3. The smallest absolute Gasteiger partial charge is 0.328 e. The van der Waals surface area contributed by atoms with Gasteiger partial charge in [0, 0.05) is 95.0 Å². The highest BCUT2D eigenvalue weighted by atomic mass is 32.2. The molecule has 0 spiro atoms. The van der Waals surface area contributed by atoms with Gasteiger partial charge in [-0.3, -0.25) is 19.4 Å². The van der Waals surface area contributed by atoms with E-state index in [1.54, 1.807) is 94.3 Å². The summed E-state index contributed by atoms with van der Waals surface area (Å²) in [5.74, 6) is -1.29. The van der Waals surface area contributed by atoms with Crippen LogP contribution in [0.15, 0.2) is 103 Å². The molecule has 3 heterocycles. The first-order chi connectivity index (χ1) is 39.5. The lowest BCUT2D eigenvalue weighted by Gasteiger charge is -2.21. The van der Waals surface area contributed by atoms with E-state index in [1.807, 2.05) is 36.6 Å². The number of carbonyl (C=O) groups excluding carboxylic acids is 5. The van der Waals surface area contributed by atoms with Crippen molar-refractivity contribution in [2.24, 2.45) is 0 Å². The lowest BCUT2D eigenvalue weighted by Crippen LogP contribution is -2.43. The van der Waals surface area contributed by atoms with Crippen molar-refractivity contribution in [2.75, 3.05) is 54.6 Å². The number of anilines is 2. The van der Waals surface area contributed by atoms with Gasteiger partial charge in [0.1, 0.15) is 23.7 Å². The molecule has 2 fully saturated rings. The van der Waals surface area contributed by atoms with Gasteiger partial charge in [-0.15, -0.1) is 0 Å². The molecule has 82 heavy (non-hydrogen) atoms. The third kappa shape index (κ3) is 20.3. The molecule has 0 bridgehead atoms. The predicted octanol–water partition coefficient (Wildman–Crippen LogP) is 9.89. The molecule has 1 aromatic heterocycles. The van der Waals surface area contributed by atoms with Crippen molar-refractivity contribution in [1.29, 1.82) is 0 Å². The largest absolute Gasteiger partial charge is 0.461 e. The number of pyridine rings is 1. The number of halogens is 2. The summed E-state index contributed by atoms with van der Waals surface area (Å²) in [6.07, 6.45) is 8.63. The van der Waals surface area contributed by atoms with Crippen LogP contribution in [0.25, 0.3) is 0 Å². The van der Waals surface area contributed by atoms with Crippen LogP contribution in [0.2, 0.25) is 0 Å². The number of thioether (sulfide) groups is 3. The van der Waals surface area contributed by atoms with Crippen molar-refractivity contribution in [3.05, 3.63) is 160 Å². The number of thiol groups is 1. The van der Waals surface area contributed by atoms with Gasteiger partial charge in [-0.25, -0.2) is 18.4 Å². The van der Waals surface area contributed by atoms with E-state index in [2.05, 4.69) is 49.5 Å². The number of carbonyl (C=O) groups is 5. The normalized spacial score (nSPS) is 17.5. The van der Waals surface area contributed by atoms with E-state index in [0.29, 0.717) is 96.9 Å². The molecule has 0 saturated carbocycles. The summed E-state index contributed by atoms with van der Waals surface area (Å²) in [5, 5.41) is 20.2. The van der Waals surface area contributed by atoms with Crippen molar-refractivity contribution in [3.63, 3.8) is 0 Å². The van der Waals surface area contributed by atoms with Crippen LogP contribution in [0.1, 0.15) is 112 Å². The molecule has 2 aliphatic rings. The highest BCUT2D eigenvalue weighted by molar-refractivity contribution is 8.14. The SMILES string of the molecule is CSCCC(NC(=O)c1cc(NCC2CC(SC(=O)c3cccnc3)CN2)ccc1CCc1ccc(F)c(CSCCC(NC(=O)c2cc(NCC3CC(S)CN3)ccc2CCc2ccc(F)cc2)C(=O)OC(C)C)c1)C(=O)OC(C)C. The first-order valence-electron chi connectivity index (χ1n) is 28.1. The number of nitrogens with zero attached hydrogens (tertiary/aromatic N) is 1. The molecule has 6 atom stereocenters. The highest BCUT2D eigenvalue weighted by Crippen LogP contribution is 2.28. The van der Waals surface area contributed by atoms with Crippen LogP contribution in [0.3, 0.4) is 0 Å². The number of benzene rings is 4. The van der Waals surface area contributed by atoms with Crippen molar-refractivity contribution in [3.8, 4) is 0 Å². The fourth-order valence-corrected chi connectivity index (χ4v) is 12.6. The Morgan fingerprint density at radius 3 is 1.82 bits per heavy atom. The topological polar surface area (TPSA) is 189 Å². The fraction of sp³-hybridized carbons (Fsp3) is 0.452. The number of rotatable bonds is 30. The molecule has 7 rings (SSSR count). The summed E-state index contributed by atoms with van der Waals surface area (Å²) in [7, 11) is 0. The third-order valence-corrected chi connectivity index (χ3v) is 17.3. The molecule has 440 valence electrons.